The van der Waals surface area contributed by atoms with Gasteiger partial charge < -0.3 is 40.5 Å². The lowest BCUT2D eigenvalue weighted by atomic mass is 9.80. The van der Waals surface area contributed by atoms with Crippen LogP contribution in [0.4, 0.5) is 0 Å². The molecule has 7 N–H and O–H groups in total. The molecule has 1 aliphatic heterocycles. The summed E-state index contributed by atoms with van der Waals surface area (Å²) in [5.74, 6) is 0. The number of aliphatic hydroxyl groups is 7. The zero-order valence-corrected chi connectivity index (χ0v) is 11.5. The molecule has 0 bridgehead atoms. The highest BCUT2D eigenvalue weighted by atomic mass is 16.6. The summed E-state index contributed by atoms with van der Waals surface area (Å²) < 4.78 is 4.93. The van der Waals surface area contributed by atoms with Gasteiger partial charge in [-0.05, 0) is 13.8 Å². The van der Waals surface area contributed by atoms with Crippen molar-refractivity contribution in [3.05, 3.63) is 0 Å². The Kier molecular flexibility index (Phi) is 5.88. The average Bonchev–Trinajstić information content (AvgIpc) is 2.35. The molecule has 120 valence electrons. The van der Waals surface area contributed by atoms with Gasteiger partial charge in [0.05, 0.1) is 24.4 Å². The molecular weight excluding hydrogens is 272 g/mol. The summed E-state index contributed by atoms with van der Waals surface area (Å²) in [4.78, 5) is 0. The van der Waals surface area contributed by atoms with E-state index < -0.39 is 54.9 Å². The van der Waals surface area contributed by atoms with Crippen molar-refractivity contribution in [1.82, 2.24) is 0 Å². The van der Waals surface area contributed by atoms with Crippen molar-refractivity contribution in [2.24, 2.45) is 0 Å². The second kappa shape index (κ2) is 6.63. The van der Waals surface area contributed by atoms with E-state index in [2.05, 4.69) is 0 Å². The predicted molar refractivity (Wildman–Crippen MR) is 66.4 cm³/mol. The summed E-state index contributed by atoms with van der Waals surface area (Å²) in [5.41, 5.74) is -1.88. The third kappa shape index (κ3) is 3.66. The van der Waals surface area contributed by atoms with Gasteiger partial charge in [-0.2, -0.15) is 0 Å². The lowest BCUT2D eigenvalue weighted by Crippen LogP contribution is -2.61. The molecule has 0 aromatic rings. The highest BCUT2D eigenvalue weighted by Gasteiger charge is 2.50. The van der Waals surface area contributed by atoms with E-state index in [1.165, 1.54) is 13.8 Å². The van der Waals surface area contributed by atoms with Crippen LogP contribution in [0.15, 0.2) is 0 Å². The van der Waals surface area contributed by atoms with Crippen LogP contribution in [0.3, 0.4) is 0 Å². The maximum absolute atomic E-state index is 10.4. The summed E-state index contributed by atoms with van der Waals surface area (Å²) in [6, 6.07) is 0. The highest BCUT2D eigenvalue weighted by molar-refractivity contribution is 4.99. The van der Waals surface area contributed by atoms with Gasteiger partial charge in [0.2, 0.25) is 0 Å². The fraction of sp³-hybridized carbons (Fsp3) is 1.00. The van der Waals surface area contributed by atoms with E-state index in [1.807, 2.05) is 0 Å². The summed E-state index contributed by atoms with van der Waals surface area (Å²) in [6.07, 6.45) is -10.2. The monoisotopic (exact) mass is 296 g/mol. The molecule has 0 aliphatic carbocycles. The zero-order valence-electron chi connectivity index (χ0n) is 11.5. The molecule has 1 rings (SSSR count). The third-order valence-corrected chi connectivity index (χ3v) is 3.84. The Balaban J connectivity index is 2.72. The molecule has 1 fully saturated rings. The Morgan fingerprint density at radius 2 is 1.75 bits per heavy atom. The molecule has 0 amide bonds. The second-order valence-electron chi connectivity index (χ2n) is 5.48. The number of hydrogen-bond donors (Lipinski definition) is 7. The Morgan fingerprint density at radius 1 is 1.20 bits per heavy atom. The van der Waals surface area contributed by atoms with Gasteiger partial charge in [-0.1, -0.05) is 0 Å². The average molecular weight is 296 g/mol. The number of hydrogen-bond acceptors (Lipinski definition) is 8. The molecule has 1 saturated heterocycles. The van der Waals surface area contributed by atoms with Gasteiger partial charge in [0.1, 0.15) is 17.8 Å². The van der Waals surface area contributed by atoms with E-state index in [0.29, 0.717) is 0 Å². The normalized spacial score (nSPS) is 41.0. The van der Waals surface area contributed by atoms with Crippen molar-refractivity contribution in [1.29, 1.82) is 0 Å². The number of ether oxygens (including phenoxy) is 1. The van der Waals surface area contributed by atoms with Crippen LogP contribution in [0, 0.1) is 0 Å². The molecular formula is C12H24O8. The van der Waals surface area contributed by atoms with Crippen LogP contribution in [0.2, 0.25) is 0 Å². The van der Waals surface area contributed by atoms with Crippen molar-refractivity contribution in [2.75, 3.05) is 0 Å². The molecule has 0 spiro atoms. The fourth-order valence-corrected chi connectivity index (χ4v) is 2.32. The molecule has 1 aliphatic rings. The molecule has 20 heavy (non-hydrogen) atoms. The van der Waals surface area contributed by atoms with E-state index in [-0.39, 0.29) is 6.42 Å². The largest absolute Gasteiger partial charge is 0.391 e. The maximum atomic E-state index is 10.4. The van der Waals surface area contributed by atoms with Gasteiger partial charge in [-0.15, -0.1) is 0 Å². The minimum absolute atomic E-state index is 0.339. The molecule has 1 unspecified atom stereocenters. The quantitative estimate of drug-likeness (QED) is 0.285. The van der Waals surface area contributed by atoms with Crippen LogP contribution in [0.5, 0.6) is 0 Å². The Labute approximate surface area is 116 Å². The first kappa shape index (κ1) is 17.7. The smallest absolute Gasteiger partial charge is 0.181 e. The Bertz CT molecular complexity index is 312. The SMILES string of the molecule is C[C@@H](O)[C@@H](O)[C@@H](O)C[C@H](O)[C@@]1(O)C[C@@H](O)C(O)O[C@@H]1C. The second-order valence-corrected chi connectivity index (χ2v) is 5.48. The molecule has 0 radical (unpaired) electrons. The van der Waals surface area contributed by atoms with Crippen molar-refractivity contribution >= 4 is 0 Å². The van der Waals surface area contributed by atoms with Crippen molar-refractivity contribution < 1.29 is 40.5 Å². The van der Waals surface area contributed by atoms with Gasteiger partial charge >= 0.3 is 0 Å². The third-order valence-electron chi connectivity index (χ3n) is 3.84. The van der Waals surface area contributed by atoms with Crippen LogP contribution in [0.1, 0.15) is 26.7 Å². The topological polar surface area (TPSA) is 151 Å². The first-order valence-corrected chi connectivity index (χ1v) is 6.55. The van der Waals surface area contributed by atoms with E-state index in [4.69, 9.17) is 9.84 Å². The van der Waals surface area contributed by atoms with E-state index >= 15 is 0 Å². The van der Waals surface area contributed by atoms with Gasteiger partial charge in [0.15, 0.2) is 6.29 Å². The molecule has 8 nitrogen and oxygen atoms in total. The van der Waals surface area contributed by atoms with Gasteiger partial charge in [0.25, 0.3) is 0 Å². The number of rotatable bonds is 5. The van der Waals surface area contributed by atoms with Crippen LogP contribution >= 0.6 is 0 Å². The van der Waals surface area contributed by atoms with Crippen LogP contribution < -0.4 is 0 Å². The van der Waals surface area contributed by atoms with E-state index in [1.54, 1.807) is 0 Å². The van der Waals surface area contributed by atoms with E-state index in [9.17, 15) is 30.6 Å². The van der Waals surface area contributed by atoms with Crippen LogP contribution in [0.25, 0.3) is 0 Å². The summed E-state index contributed by atoms with van der Waals surface area (Å²) in [7, 11) is 0. The highest BCUT2D eigenvalue weighted by Crippen LogP contribution is 2.33. The van der Waals surface area contributed by atoms with Crippen molar-refractivity contribution in [2.45, 2.75) is 75.2 Å². The molecule has 8 heteroatoms. The molecule has 8 atom stereocenters. The predicted octanol–water partition coefficient (Wildman–Crippen LogP) is -2.94. The first-order chi connectivity index (χ1) is 9.09. The van der Waals surface area contributed by atoms with Crippen molar-refractivity contribution in [3.63, 3.8) is 0 Å². The minimum Gasteiger partial charge on any atom is -0.391 e. The summed E-state index contributed by atoms with van der Waals surface area (Å²) in [6.45, 7) is 2.69. The van der Waals surface area contributed by atoms with Crippen molar-refractivity contribution in [3.8, 4) is 0 Å². The standard InChI is InChI=1S/C12H24O8/c1-5(13)10(17)7(14)3-9(16)12(19)4-8(15)11(18)20-6(12)2/h5-11,13-19H,3-4H2,1-2H3/t5-,6-,7+,8-,9+,10-,11?,12-/m1/s1. The van der Waals surface area contributed by atoms with Crippen LogP contribution in [-0.4, -0.2) is 84.3 Å². The summed E-state index contributed by atoms with van der Waals surface area (Å²) >= 11 is 0. The first-order valence-electron chi connectivity index (χ1n) is 6.55. The number of aliphatic hydroxyl groups excluding tert-OH is 6. The Morgan fingerprint density at radius 3 is 2.25 bits per heavy atom. The molecule has 1 heterocycles. The molecule has 0 saturated carbocycles. The maximum Gasteiger partial charge on any atom is 0.181 e. The zero-order chi connectivity index (χ0) is 15.7. The summed E-state index contributed by atoms with van der Waals surface area (Å²) in [5, 5.41) is 67.5. The fourth-order valence-electron chi connectivity index (χ4n) is 2.32. The van der Waals surface area contributed by atoms with Gasteiger partial charge in [0, 0.05) is 12.8 Å². The Hall–Kier alpha value is -0.320. The van der Waals surface area contributed by atoms with Gasteiger partial charge in [-0.25, -0.2) is 0 Å². The lowest BCUT2D eigenvalue weighted by molar-refractivity contribution is -0.292. The minimum atomic E-state index is -1.88. The van der Waals surface area contributed by atoms with E-state index in [0.717, 1.165) is 0 Å². The lowest BCUT2D eigenvalue weighted by Gasteiger charge is -2.45. The van der Waals surface area contributed by atoms with Gasteiger partial charge in [-0.3, -0.25) is 0 Å². The molecule has 0 aromatic heterocycles. The van der Waals surface area contributed by atoms with Crippen LogP contribution in [-0.2, 0) is 4.74 Å². The molecule has 0 aromatic carbocycles.